The number of carbonyl (C=O) groups excluding carboxylic acids is 13. The van der Waals surface area contributed by atoms with Crippen LogP contribution in [0.3, 0.4) is 0 Å². The molecule has 0 aromatic heterocycles. The van der Waals surface area contributed by atoms with Gasteiger partial charge in [0.15, 0.2) is 72.3 Å². The van der Waals surface area contributed by atoms with Crippen molar-refractivity contribution in [3.63, 3.8) is 0 Å². The van der Waals surface area contributed by atoms with Crippen LogP contribution in [0.2, 0.25) is 0 Å². The number of hydrogen-bond donors (Lipinski definition) is 1. The summed E-state index contributed by atoms with van der Waals surface area (Å²) in [6, 6.07) is 4.66. The van der Waals surface area contributed by atoms with Gasteiger partial charge in [-0.05, 0) is 75.6 Å². The van der Waals surface area contributed by atoms with Crippen molar-refractivity contribution in [2.75, 3.05) is 46.4 Å². The van der Waals surface area contributed by atoms with Crippen molar-refractivity contribution in [3.05, 3.63) is 68.8 Å². The second-order valence-electron chi connectivity index (χ2n) is 25.9. The number of amides is 1. The molecule has 104 heavy (non-hydrogen) atoms. The molecule has 30 nitrogen and oxygen atoms in total. The van der Waals surface area contributed by atoms with Crippen LogP contribution in [0.1, 0.15) is 232 Å². The van der Waals surface area contributed by atoms with Gasteiger partial charge in [0.05, 0.1) is 62.7 Å². The molecule has 0 saturated carbocycles. The van der Waals surface area contributed by atoms with Crippen LogP contribution in [0.5, 0.6) is 23.0 Å². The number of fused-ring (bicyclic) bond motifs is 5. The maximum Gasteiger partial charge on any atom is 0.308 e. The first-order chi connectivity index (χ1) is 49.2. The molecule has 3 aromatic rings. The normalized spacial score (nSPS) is 21.4. The summed E-state index contributed by atoms with van der Waals surface area (Å²) < 4.78 is 84.0. The number of rotatable bonds is 31. The number of nitrogens with one attached hydrogen (secondary N) is 1. The summed E-state index contributed by atoms with van der Waals surface area (Å²) in [5, 5.41) is 13.9. The molecule has 4 aliphatic rings. The Kier molecular flexibility index (Phi) is 30.6. The smallest absolute Gasteiger partial charge is 0.308 e. The standard InChI is InChI=1S/C58H61NO28.C16H36N/c1-21-16-35-42(51(82-28(8)65)40(21)56(73)59-15-13-14-39(69)70)43-36(19-34-44(52(43)83-29(9)66)46(72)33-17-32(74-12)18-37(77-23(3)60)41(33)45(34)71)48(80-26(6)63)49(35)86-58-55(85-31(11)68)53(47(22(2)76-58)79-25(5)62)87-57-54(84-30(10)67)50(81-27(7)64)38(20-75-57)78-24(4)61;1-5-9-13-17(14-10-6-2,15-11-7-3)16-12-8-4/h16-19,22,38,47-50,53-55,57-58H,13-15,20H2,1-12H3,(H,59,73)(H,69,70);5-16H2,1-4H3/q;+1/p-1/t22-,38-,47+,48+,49+,50+,53+,54-,55-,57+,58+;/m1./s1. The third-order valence-corrected chi connectivity index (χ3v) is 17.5. The van der Waals surface area contributed by atoms with Gasteiger partial charge in [-0.25, -0.2) is 0 Å². The van der Waals surface area contributed by atoms with Gasteiger partial charge in [-0.1, -0.05) is 59.4 Å². The predicted molar refractivity (Wildman–Crippen MR) is 361 cm³/mol. The summed E-state index contributed by atoms with van der Waals surface area (Å²) in [4.78, 5) is 173. The van der Waals surface area contributed by atoms with E-state index < -0.39 is 214 Å². The van der Waals surface area contributed by atoms with Crippen molar-refractivity contribution in [2.45, 2.75) is 236 Å². The van der Waals surface area contributed by atoms with Crippen molar-refractivity contribution in [1.82, 2.24) is 5.32 Å². The molecule has 1 N–H and O–H groups in total. The number of nitrogens with zero attached hydrogens (tertiary/aromatic N) is 1. The van der Waals surface area contributed by atoms with Gasteiger partial charge in [-0.15, -0.1) is 0 Å². The average molecular weight is 1460 g/mol. The quantitative estimate of drug-likeness (QED) is 0.0170. The van der Waals surface area contributed by atoms with Gasteiger partial charge in [0, 0.05) is 109 Å². The molecule has 570 valence electrons. The van der Waals surface area contributed by atoms with E-state index in [1.54, 1.807) is 0 Å². The third-order valence-electron chi connectivity index (χ3n) is 17.5. The minimum Gasteiger partial charge on any atom is -0.550 e. The molecule has 2 heterocycles. The Hall–Kier alpha value is -9.23. The van der Waals surface area contributed by atoms with Crippen LogP contribution in [-0.2, 0) is 95.3 Å². The molecular weight excluding hydrogens is 1360 g/mol. The number of carboxylic acid groups (broad SMARTS) is 1. The van der Waals surface area contributed by atoms with Crippen LogP contribution < -0.4 is 29.4 Å². The van der Waals surface area contributed by atoms with Gasteiger partial charge >= 0.3 is 53.7 Å². The highest BCUT2D eigenvalue weighted by atomic mass is 16.8. The Balaban J connectivity index is 0.000000880. The molecule has 2 saturated heterocycles. The Labute approximate surface area is 603 Å². The average Bonchev–Trinajstić information content (AvgIpc) is 0.698. The number of quaternary nitrogens is 1. The number of esters is 9. The maximum absolute atomic E-state index is 15.2. The van der Waals surface area contributed by atoms with Gasteiger partial charge in [-0.3, -0.25) is 57.5 Å². The molecule has 3 aromatic carbocycles. The number of aliphatic carboxylic acids is 1. The fourth-order valence-corrected chi connectivity index (χ4v) is 13.2. The topological polar surface area (TPSA) is 386 Å². The minimum atomic E-state index is -2.04. The Morgan fingerprint density at radius 1 is 0.510 bits per heavy atom. The SMILES string of the molecule is CCCC[N+](CCCC)(CCCC)CCCC.COc1cc(OC(C)=O)c2c(c1)C(=O)c1c(cc3c(c1OC(C)=O)-c1c(cc(C)c(C(=O)NCCCC(=O)[O-])c1OC(C)=O)[C@H](O[C@@H]1O[C@H](C)[C@H](OC(C)=O)[C@H](O[C@@H]4OC[C@@H](OC(C)=O)[C@H](OC(C)=O)[C@H]4OC(C)=O)[C@H]1OC(C)=O)[C@H]3OC(C)=O)C2=O. The number of unbranched alkanes of at least 4 members (excludes halogenated alkanes) is 4. The number of hydrogen-bond acceptors (Lipinski definition) is 28. The van der Waals surface area contributed by atoms with Gasteiger partial charge < -0.3 is 86.0 Å². The van der Waals surface area contributed by atoms with Gasteiger partial charge in [0.1, 0.15) is 23.7 Å². The number of ketones is 2. The molecule has 7 rings (SSSR count). The second kappa shape index (κ2) is 38.0. The van der Waals surface area contributed by atoms with Crippen LogP contribution >= 0.6 is 0 Å². The van der Waals surface area contributed by atoms with Crippen molar-refractivity contribution in [2.24, 2.45) is 0 Å². The highest BCUT2D eigenvalue weighted by Gasteiger charge is 2.57. The number of aryl methyl sites for hydroxylation is 1. The summed E-state index contributed by atoms with van der Waals surface area (Å²) in [7, 11) is 1.22. The third kappa shape index (κ3) is 21.0. The Bertz CT molecular complexity index is 3690. The minimum absolute atomic E-state index is 0.0377. The lowest BCUT2D eigenvalue weighted by molar-refractivity contribution is -0.929. The van der Waals surface area contributed by atoms with Gasteiger partial charge in [-0.2, -0.15) is 0 Å². The summed E-state index contributed by atoms with van der Waals surface area (Å²) >= 11 is 0. The summed E-state index contributed by atoms with van der Waals surface area (Å²) in [5.41, 5.74) is -3.98. The van der Waals surface area contributed by atoms with E-state index in [9.17, 15) is 57.8 Å². The van der Waals surface area contributed by atoms with E-state index in [4.69, 9.17) is 66.3 Å². The first-order valence-electron chi connectivity index (χ1n) is 34.9. The first kappa shape index (κ1) is 83.7. The van der Waals surface area contributed by atoms with E-state index in [0.717, 1.165) is 80.5 Å². The lowest BCUT2D eigenvalue weighted by Crippen LogP contribution is -2.65. The number of carboxylic acids is 1. The lowest BCUT2D eigenvalue weighted by atomic mass is 9.73. The zero-order valence-corrected chi connectivity index (χ0v) is 61.9. The molecule has 0 spiro atoms. The van der Waals surface area contributed by atoms with Crippen molar-refractivity contribution < 1.29 is 138 Å². The summed E-state index contributed by atoms with van der Waals surface area (Å²) in [6.45, 7) is 25.8. The Morgan fingerprint density at radius 3 is 1.48 bits per heavy atom. The molecule has 2 aliphatic heterocycles. The van der Waals surface area contributed by atoms with Gasteiger partial charge in [0.2, 0.25) is 0 Å². The molecule has 0 unspecified atom stereocenters. The van der Waals surface area contributed by atoms with E-state index in [2.05, 4.69) is 33.0 Å². The van der Waals surface area contributed by atoms with Crippen LogP contribution in [0.25, 0.3) is 11.1 Å². The zero-order valence-electron chi connectivity index (χ0n) is 61.9. The van der Waals surface area contributed by atoms with E-state index >= 15 is 9.59 Å². The maximum atomic E-state index is 15.2. The number of methoxy groups -OCH3 is 1. The van der Waals surface area contributed by atoms with Crippen LogP contribution in [-0.4, -0.2) is 183 Å². The van der Waals surface area contributed by atoms with Crippen LogP contribution in [0.4, 0.5) is 0 Å². The number of carbonyl (C=O) groups is 13. The van der Waals surface area contributed by atoms with Crippen molar-refractivity contribution in [1.29, 1.82) is 0 Å². The van der Waals surface area contributed by atoms with E-state index in [-0.39, 0.29) is 35.4 Å². The molecule has 11 atom stereocenters. The van der Waals surface area contributed by atoms with E-state index in [1.807, 2.05) is 0 Å². The lowest BCUT2D eigenvalue weighted by Gasteiger charge is -2.48. The van der Waals surface area contributed by atoms with Gasteiger partial charge in [0.25, 0.3) is 5.91 Å². The largest absolute Gasteiger partial charge is 0.550 e. The number of ether oxygens (including phenoxy) is 14. The molecule has 2 fully saturated rings. The zero-order chi connectivity index (χ0) is 77.2. The monoisotopic (exact) mass is 1460 g/mol. The predicted octanol–water partition coefficient (Wildman–Crippen LogP) is 7.31. The van der Waals surface area contributed by atoms with E-state index in [1.165, 1.54) is 109 Å². The fraction of sp³-hybridized carbons (Fsp3) is 0.581. The highest BCUT2D eigenvalue weighted by molar-refractivity contribution is 6.31. The Morgan fingerprint density at radius 2 is 0.981 bits per heavy atom. The molecule has 1 amide bonds. The summed E-state index contributed by atoms with van der Waals surface area (Å²) in [5.74, 6) is -15.4. The molecule has 30 heteroatoms. The molecule has 0 radical (unpaired) electrons. The van der Waals surface area contributed by atoms with E-state index in [0.29, 0.717) is 0 Å². The van der Waals surface area contributed by atoms with Crippen molar-refractivity contribution in [3.8, 4) is 34.1 Å². The van der Waals surface area contributed by atoms with Crippen LogP contribution in [0.15, 0.2) is 24.3 Å². The summed E-state index contributed by atoms with van der Waals surface area (Å²) in [6.07, 6.45) is -9.04. The number of benzene rings is 3. The molecule has 2 aliphatic carbocycles. The molecular formula is C74H96N2O28. The second-order valence-corrected chi connectivity index (χ2v) is 25.9. The first-order valence-corrected chi connectivity index (χ1v) is 34.9. The molecule has 0 bridgehead atoms. The highest BCUT2D eigenvalue weighted by Crippen LogP contribution is 2.59. The van der Waals surface area contributed by atoms with Crippen LogP contribution in [0, 0.1) is 6.92 Å². The van der Waals surface area contributed by atoms with Crippen molar-refractivity contribution >= 4 is 77.2 Å². The fourth-order valence-electron chi connectivity index (χ4n) is 13.2.